The summed E-state index contributed by atoms with van der Waals surface area (Å²) in [6.45, 7) is 5.63. The molecule has 146 valence electrons. The van der Waals surface area contributed by atoms with Crippen molar-refractivity contribution in [3.8, 4) is 11.8 Å². The van der Waals surface area contributed by atoms with Crippen LogP contribution in [-0.4, -0.2) is 36.0 Å². The Balaban J connectivity index is 1.50. The van der Waals surface area contributed by atoms with Crippen LogP contribution in [0, 0.1) is 25.2 Å². The Morgan fingerprint density at radius 3 is 2.89 bits per heavy atom. The van der Waals surface area contributed by atoms with Gasteiger partial charge in [-0.15, -0.1) is 0 Å². The Morgan fingerprint density at radius 1 is 1.43 bits per heavy atom. The molecular formula is C21H24N4O3. The normalized spacial score (nSPS) is 16.2. The Bertz CT molecular complexity index is 888. The maximum atomic E-state index is 11.9. The minimum absolute atomic E-state index is 0.152. The van der Waals surface area contributed by atoms with Crippen molar-refractivity contribution in [1.29, 1.82) is 5.26 Å². The molecule has 1 fully saturated rings. The average Bonchev–Trinajstić information content (AvgIpc) is 3.31. The first-order valence-electron chi connectivity index (χ1n) is 9.30. The van der Waals surface area contributed by atoms with Crippen molar-refractivity contribution in [2.75, 3.05) is 13.2 Å². The van der Waals surface area contributed by atoms with Crippen LogP contribution >= 0.6 is 0 Å². The van der Waals surface area contributed by atoms with E-state index in [0.717, 1.165) is 42.9 Å². The summed E-state index contributed by atoms with van der Waals surface area (Å²) in [6.07, 6.45) is 4.13. The third kappa shape index (κ3) is 4.99. The summed E-state index contributed by atoms with van der Waals surface area (Å²) in [5, 5.41) is 12.8. The number of hydrazone groups is 1. The summed E-state index contributed by atoms with van der Waals surface area (Å²) in [5.41, 5.74) is 6.21. The Morgan fingerprint density at radius 2 is 2.21 bits per heavy atom. The van der Waals surface area contributed by atoms with Crippen molar-refractivity contribution < 1.29 is 14.3 Å². The molecule has 1 aromatic carbocycles. The lowest BCUT2D eigenvalue weighted by Gasteiger charge is -2.14. The SMILES string of the molecule is Cc1cc(/C=N\NC(=O)COc2ccc(C#N)cc2)c(C)n1C[C@@H]1CCCO1. The minimum Gasteiger partial charge on any atom is -0.484 e. The number of aryl methyl sites for hydroxylation is 1. The van der Waals surface area contributed by atoms with Gasteiger partial charge in [0.1, 0.15) is 5.75 Å². The first-order valence-corrected chi connectivity index (χ1v) is 9.30. The summed E-state index contributed by atoms with van der Waals surface area (Å²) in [7, 11) is 0. The largest absolute Gasteiger partial charge is 0.484 e. The number of hydrogen-bond acceptors (Lipinski definition) is 5. The monoisotopic (exact) mass is 380 g/mol. The zero-order valence-corrected chi connectivity index (χ0v) is 16.1. The topological polar surface area (TPSA) is 88.6 Å². The van der Waals surface area contributed by atoms with Crippen LogP contribution in [0.25, 0.3) is 0 Å². The van der Waals surface area contributed by atoms with Gasteiger partial charge in [-0.2, -0.15) is 10.4 Å². The number of benzene rings is 1. The van der Waals surface area contributed by atoms with Crippen molar-refractivity contribution in [1.82, 2.24) is 9.99 Å². The molecular weight excluding hydrogens is 356 g/mol. The lowest BCUT2D eigenvalue weighted by Crippen LogP contribution is -2.24. The van der Waals surface area contributed by atoms with Crippen LogP contribution in [0.3, 0.4) is 0 Å². The predicted octanol–water partition coefficient (Wildman–Crippen LogP) is 2.68. The predicted molar refractivity (Wildman–Crippen MR) is 105 cm³/mol. The molecule has 7 nitrogen and oxygen atoms in total. The first-order chi connectivity index (χ1) is 13.6. The number of nitrogens with zero attached hydrogens (tertiary/aromatic N) is 3. The molecule has 0 bridgehead atoms. The van der Waals surface area contributed by atoms with Gasteiger partial charge in [0.15, 0.2) is 6.61 Å². The molecule has 1 aliphatic rings. The third-order valence-corrected chi connectivity index (χ3v) is 4.77. The van der Waals surface area contributed by atoms with Crippen LogP contribution in [0.5, 0.6) is 5.75 Å². The first kappa shape index (κ1) is 19.6. The fourth-order valence-electron chi connectivity index (χ4n) is 3.21. The molecule has 0 spiro atoms. The Labute approximate surface area is 164 Å². The highest BCUT2D eigenvalue weighted by Crippen LogP contribution is 2.19. The number of rotatable bonds is 7. The summed E-state index contributed by atoms with van der Waals surface area (Å²) in [5.74, 6) is 0.171. The van der Waals surface area contributed by atoms with E-state index in [9.17, 15) is 4.79 Å². The molecule has 1 amide bonds. The van der Waals surface area contributed by atoms with Crippen molar-refractivity contribution in [3.63, 3.8) is 0 Å². The van der Waals surface area contributed by atoms with Crippen LogP contribution in [0.4, 0.5) is 0 Å². The van der Waals surface area contributed by atoms with Crippen LogP contribution in [0.1, 0.15) is 35.4 Å². The van der Waals surface area contributed by atoms with Crippen molar-refractivity contribution in [2.45, 2.75) is 39.3 Å². The zero-order valence-electron chi connectivity index (χ0n) is 16.1. The molecule has 1 saturated heterocycles. The summed E-state index contributed by atoms with van der Waals surface area (Å²) < 4.78 is 13.3. The second kappa shape index (κ2) is 9.20. The fraction of sp³-hybridized carbons (Fsp3) is 0.381. The van der Waals surface area contributed by atoms with E-state index < -0.39 is 0 Å². The van der Waals surface area contributed by atoms with Crippen LogP contribution in [0.2, 0.25) is 0 Å². The number of aromatic nitrogens is 1. The van der Waals surface area contributed by atoms with E-state index in [4.69, 9.17) is 14.7 Å². The molecule has 0 unspecified atom stereocenters. The molecule has 1 atom stereocenters. The van der Waals surface area contributed by atoms with E-state index >= 15 is 0 Å². The standard InChI is InChI=1S/C21H24N4O3/c1-15-10-18(16(2)25(15)13-20-4-3-9-27-20)12-23-24-21(26)14-28-19-7-5-17(11-22)6-8-19/h5-8,10,12,20H,3-4,9,13-14H2,1-2H3,(H,24,26)/b23-12-/t20-/m0/s1. The van der Waals surface area contributed by atoms with Gasteiger partial charge in [0, 0.05) is 30.1 Å². The molecule has 0 aliphatic carbocycles. The van der Waals surface area contributed by atoms with Crippen LogP contribution in [-0.2, 0) is 16.1 Å². The number of carbonyl (C=O) groups excluding carboxylic acids is 1. The summed E-state index contributed by atoms with van der Waals surface area (Å²) in [4.78, 5) is 11.9. The van der Waals surface area contributed by atoms with Gasteiger partial charge >= 0.3 is 0 Å². The number of nitrogens with one attached hydrogen (secondary N) is 1. The van der Waals surface area contributed by atoms with Crippen LogP contribution < -0.4 is 10.2 Å². The number of amides is 1. The minimum atomic E-state index is -0.353. The van der Waals surface area contributed by atoms with Gasteiger partial charge in [0.2, 0.25) is 0 Å². The lowest BCUT2D eigenvalue weighted by atomic mass is 10.2. The highest BCUT2D eigenvalue weighted by Gasteiger charge is 2.18. The second-order valence-electron chi connectivity index (χ2n) is 6.79. The van der Waals surface area contributed by atoms with Crippen LogP contribution in [0.15, 0.2) is 35.4 Å². The van der Waals surface area contributed by atoms with E-state index in [0.29, 0.717) is 11.3 Å². The van der Waals surface area contributed by atoms with Gasteiger partial charge < -0.3 is 14.0 Å². The highest BCUT2D eigenvalue weighted by atomic mass is 16.5. The zero-order chi connectivity index (χ0) is 19.9. The molecule has 2 aromatic rings. The average molecular weight is 380 g/mol. The molecule has 0 saturated carbocycles. The number of carbonyl (C=O) groups is 1. The van der Waals surface area contributed by atoms with Gasteiger partial charge in [0.25, 0.3) is 5.91 Å². The third-order valence-electron chi connectivity index (χ3n) is 4.77. The molecule has 1 aliphatic heterocycles. The number of hydrogen-bond donors (Lipinski definition) is 1. The fourth-order valence-corrected chi connectivity index (χ4v) is 3.21. The molecule has 1 aromatic heterocycles. The van der Waals surface area contributed by atoms with E-state index in [1.807, 2.05) is 19.1 Å². The van der Waals surface area contributed by atoms with Crippen molar-refractivity contribution in [2.24, 2.45) is 5.10 Å². The van der Waals surface area contributed by atoms with Gasteiger partial charge in [-0.1, -0.05) is 0 Å². The summed E-state index contributed by atoms with van der Waals surface area (Å²) >= 11 is 0. The van der Waals surface area contributed by atoms with Gasteiger partial charge in [-0.3, -0.25) is 4.79 Å². The maximum absolute atomic E-state index is 11.9. The second-order valence-corrected chi connectivity index (χ2v) is 6.79. The number of nitriles is 1. The van der Waals surface area contributed by atoms with E-state index in [1.54, 1.807) is 30.5 Å². The van der Waals surface area contributed by atoms with E-state index in [2.05, 4.69) is 22.0 Å². The molecule has 2 heterocycles. The highest BCUT2D eigenvalue weighted by molar-refractivity contribution is 5.84. The van der Waals surface area contributed by atoms with Gasteiger partial charge in [-0.25, -0.2) is 5.43 Å². The quantitative estimate of drug-likeness (QED) is 0.591. The molecule has 1 N–H and O–H groups in total. The smallest absolute Gasteiger partial charge is 0.277 e. The number of ether oxygens (including phenoxy) is 2. The molecule has 0 radical (unpaired) electrons. The van der Waals surface area contributed by atoms with E-state index in [-0.39, 0.29) is 18.6 Å². The Hall–Kier alpha value is -3.11. The molecule has 7 heteroatoms. The maximum Gasteiger partial charge on any atom is 0.277 e. The molecule has 28 heavy (non-hydrogen) atoms. The van der Waals surface area contributed by atoms with Crippen molar-refractivity contribution in [3.05, 3.63) is 52.8 Å². The van der Waals surface area contributed by atoms with Crippen molar-refractivity contribution >= 4 is 12.1 Å². The Kier molecular flexibility index (Phi) is 6.45. The molecule has 3 rings (SSSR count). The van der Waals surface area contributed by atoms with Gasteiger partial charge in [0.05, 0.1) is 24.0 Å². The van der Waals surface area contributed by atoms with Gasteiger partial charge in [-0.05, 0) is 57.0 Å². The van der Waals surface area contributed by atoms with E-state index in [1.165, 1.54) is 0 Å². The summed E-state index contributed by atoms with van der Waals surface area (Å²) in [6, 6.07) is 10.7. The lowest BCUT2D eigenvalue weighted by molar-refractivity contribution is -0.123.